The lowest BCUT2D eigenvalue weighted by atomic mass is 9.94. The monoisotopic (exact) mass is 330 g/mol. The Morgan fingerprint density at radius 1 is 1.04 bits per heavy atom. The lowest BCUT2D eigenvalue weighted by molar-refractivity contribution is 0.145. The molecule has 0 fully saturated rings. The quantitative estimate of drug-likeness (QED) is 0.910. The standard InChI is InChI=1S/C18H18O4S/c1-12-9-13-10-16(7-8-17(13)22-18(12,2)3)23(20,21)15-6-4-5-14(19)11-15/h4-11,19H,1-3H3. The number of hydrogen-bond donors (Lipinski definition) is 1. The van der Waals surface area contributed by atoms with Crippen LogP contribution < -0.4 is 4.74 Å². The molecule has 0 spiro atoms. The van der Waals surface area contributed by atoms with Crippen LogP contribution in [0.3, 0.4) is 0 Å². The molecule has 5 heteroatoms. The summed E-state index contributed by atoms with van der Waals surface area (Å²) in [6, 6.07) is 10.5. The number of ether oxygens (including phenoxy) is 1. The number of sulfone groups is 1. The third-order valence-corrected chi connectivity index (χ3v) is 5.86. The van der Waals surface area contributed by atoms with E-state index in [0.29, 0.717) is 5.75 Å². The minimum Gasteiger partial charge on any atom is -0.508 e. The molecule has 0 bridgehead atoms. The fourth-order valence-electron chi connectivity index (χ4n) is 2.45. The van der Waals surface area contributed by atoms with E-state index in [-0.39, 0.29) is 15.5 Å². The Hall–Kier alpha value is -2.27. The van der Waals surface area contributed by atoms with Crippen molar-refractivity contribution in [1.82, 2.24) is 0 Å². The lowest BCUT2D eigenvalue weighted by Gasteiger charge is -2.32. The third kappa shape index (κ3) is 2.72. The molecule has 0 aliphatic carbocycles. The smallest absolute Gasteiger partial charge is 0.206 e. The van der Waals surface area contributed by atoms with Gasteiger partial charge in [-0.05, 0) is 68.8 Å². The number of rotatable bonds is 2. The van der Waals surface area contributed by atoms with Gasteiger partial charge < -0.3 is 9.84 Å². The highest BCUT2D eigenvalue weighted by Crippen LogP contribution is 2.37. The predicted octanol–water partition coefficient (Wildman–Crippen LogP) is 3.80. The van der Waals surface area contributed by atoms with E-state index in [1.165, 1.54) is 30.3 Å². The molecule has 0 aromatic heterocycles. The van der Waals surface area contributed by atoms with E-state index in [1.807, 2.05) is 26.8 Å². The molecule has 3 rings (SSSR count). The summed E-state index contributed by atoms with van der Waals surface area (Å²) < 4.78 is 31.3. The predicted molar refractivity (Wildman–Crippen MR) is 88.4 cm³/mol. The van der Waals surface area contributed by atoms with Gasteiger partial charge in [0.25, 0.3) is 0 Å². The minimum absolute atomic E-state index is 0.0650. The number of phenols is 1. The summed E-state index contributed by atoms with van der Waals surface area (Å²) >= 11 is 0. The maximum atomic E-state index is 12.7. The van der Waals surface area contributed by atoms with Crippen molar-refractivity contribution in [1.29, 1.82) is 0 Å². The van der Waals surface area contributed by atoms with Gasteiger partial charge in [-0.3, -0.25) is 0 Å². The molecule has 1 N–H and O–H groups in total. The van der Waals surface area contributed by atoms with Crippen molar-refractivity contribution in [2.75, 3.05) is 0 Å². The van der Waals surface area contributed by atoms with Crippen molar-refractivity contribution in [2.24, 2.45) is 0 Å². The molecule has 2 aromatic carbocycles. The van der Waals surface area contributed by atoms with Crippen molar-refractivity contribution < 1.29 is 18.3 Å². The third-order valence-electron chi connectivity index (χ3n) is 4.11. The molecular formula is C18H18O4S. The van der Waals surface area contributed by atoms with Gasteiger partial charge in [0.1, 0.15) is 17.1 Å². The highest BCUT2D eigenvalue weighted by Gasteiger charge is 2.28. The van der Waals surface area contributed by atoms with Crippen LogP contribution >= 0.6 is 0 Å². The second kappa shape index (κ2) is 5.13. The molecular weight excluding hydrogens is 312 g/mol. The average molecular weight is 330 g/mol. The molecule has 1 heterocycles. The minimum atomic E-state index is -3.69. The van der Waals surface area contributed by atoms with Gasteiger partial charge in [0.05, 0.1) is 9.79 Å². The van der Waals surface area contributed by atoms with Crippen LogP contribution in [0.5, 0.6) is 11.5 Å². The molecule has 120 valence electrons. The highest BCUT2D eigenvalue weighted by molar-refractivity contribution is 7.91. The van der Waals surface area contributed by atoms with E-state index in [1.54, 1.807) is 12.1 Å². The van der Waals surface area contributed by atoms with Crippen LogP contribution in [0.2, 0.25) is 0 Å². The van der Waals surface area contributed by atoms with Crippen LogP contribution in [-0.2, 0) is 9.84 Å². The van der Waals surface area contributed by atoms with Crippen LogP contribution in [0.1, 0.15) is 26.3 Å². The van der Waals surface area contributed by atoms with E-state index >= 15 is 0 Å². The van der Waals surface area contributed by atoms with E-state index in [4.69, 9.17) is 4.74 Å². The first-order valence-electron chi connectivity index (χ1n) is 7.26. The van der Waals surface area contributed by atoms with Gasteiger partial charge in [0.2, 0.25) is 9.84 Å². The fourth-order valence-corrected chi connectivity index (χ4v) is 3.78. The Kier molecular flexibility index (Phi) is 3.48. The first kappa shape index (κ1) is 15.6. The second-order valence-corrected chi connectivity index (χ2v) is 8.09. The van der Waals surface area contributed by atoms with Gasteiger partial charge in [-0.1, -0.05) is 6.07 Å². The van der Waals surface area contributed by atoms with Crippen LogP contribution in [0.25, 0.3) is 6.08 Å². The van der Waals surface area contributed by atoms with Crippen molar-refractivity contribution in [3.05, 3.63) is 53.6 Å². The van der Waals surface area contributed by atoms with Gasteiger partial charge in [0, 0.05) is 5.56 Å². The van der Waals surface area contributed by atoms with Crippen molar-refractivity contribution >= 4 is 15.9 Å². The molecule has 0 radical (unpaired) electrons. The Labute approximate surface area is 136 Å². The second-order valence-electron chi connectivity index (χ2n) is 6.14. The number of fused-ring (bicyclic) bond motifs is 1. The van der Waals surface area contributed by atoms with Crippen LogP contribution in [-0.4, -0.2) is 19.1 Å². The molecule has 0 amide bonds. The Morgan fingerprint density at radius 3 is 2.43 bits per heavy atom. The van der Waals surface area contributed by atoms with Crippen molar-refractivity contribution in [3.8, 4) is 11.5 Å². The zero-order valence-electron chi connectivity index (χ0n) is 13.2. The molecule has 0 atom stereocenters. The van der Waals surface area contributed by atoms with E-state index in [0.717, 1.165) is 11.1 Å². The van der Waals surface area contributed by atoms with Crippen molar-refractivity contribution in [3.63, 3.8) is 0 Å². The summed E-state index contributed by atoms with van der Waals surface area (Å²) in [6.45, 7) is 5.90. The maximum absolute atomic E-state index is 12.7. The Morgan fingerprint density at radius 2 is 1.74 bits per heavy atom. The van der Waals surface area contributed by atoms with Gasteiger partial charge in [-0.15, -0.1) is 0 Å². The van der Waals surface area contributed by atoms with Crippen LogP contribution in [0, 0.1) is 0 Å². The maximum Gasteiger partial charge on any atom is 0.206 e. The molecule has 0 saturated carbocycles. The first-order chi connectivity index (χ1) is 10.7. The van der Waals surface area contributed by atoms with E-state index < -0.39 is 15.4 Å². The van der Waals surface area contributed by atoms with E-state index in [2.05, 4.69) is 0 Å². The molecule has 1 aliphatic heterocycles. The normalized spacial score (nSPS) is 16.2. The zero-order chi connectivity index (χ0) is 16.8. The summed E-state index contributed by atoms with van der Waals surface area (Å²) in [5.74, 6) is 0.584. The number of phenolic OH excluding ortho intramolecular Hbond substituents is 1. The highest BCUT2D eigenvalue weighted by atomic mass is 32.2. The molecule has 23 heavy (non-hydrogen) atoms. The Balaban J connectivity index is 2.10. The fraction of sp³-hybridized carbons (Fsp3) is 0.222. The van der Waals surface area contributed by atoms with Crippen LogP contribution in [0.15, 0.2) is 57.8 Å². The molecule has 4 nitrogen and oxygen atoms in total. The van der Waals surface area contributed by atoms with E-state index in [9.17, 15) is 13.5 Å². The number of hydrogen-bond acceptors (Lipinski definition) is 4. The number of aromatic hydroxyl groups is 1. The summed E-state index contributed by atoms with van der Waals surface area (Å²) in [5, 5.41) is 9.51. The van der Waals surface area contributed by atoms with Gasteiger partial charge in [-0.25, -0.2) is 8.42 Å². The summed E-state index contributed by atoms with van der Waals surface area (Å²) in [5.41, 5.74) is 1.36. The molecule has 2 aromatic rings. The molecule has 1 aliphatic rings. The summed E-state index contributed by atoms with van der Waals surface area (Å²) in [7, 11) is -3.69. The topological polar surface area (TPSA) is 63.6 Å². The first-order valence-corrected chi connectivity index (χ1v) is 8.74. The van der Waals surface area contributed by atoms with Crippen LogP contribution in [0.4, 0.5) is 0 Å². The molecule has 0 unspecified atom stereocenters. The SMILES string of the molecule is CC1=Cc2cc(S(=O)(=O)c3cccc(O)c3)ccc2OC1(C)C. The van der Waals surface area contributed by atoms with Gasteiger partial charge >= 0.3 is 0 Å². The summed E-state index contributed by atoms with van der Waals surface area (Å²) in [4.78, 5) is 0.240. The lowest BCUT2D eigenvalue weighted by Crippen LogP contribution is -2.31. The summed E-state index contributed by atoms with van der Waals surface area (Å²) in [6.07, 6.45) is 1.94. The molecule has 0 saturated heterocycles. The van der Waals surface area contributed by atoms with Gasteiger partial charge in [-0.2, -0.15) is 0 Å². The Bertz CT molecular complexity index is 908. The van der Waals surface area contributed by atoms with Gasteiger partial charge in [0.15, 0.2) is 0 Å². The zero-order valence-corrected chi connectivity index (χ0v) is 14.0. The largest absolute Gasteiger partial charge is 0.508 e. The number of benzene rings is 2. The average Bonchev–Trinajstić information content (AvgIpc) is 2.47. The van der Waals surface area contributed by atoms with Crippen molar-refractivity contribution in [2.45, 2.75) is 36.2 Å².